The minimum atomic E-state index is -0.288. The third-order valence-electron chi connectivity index (χ3n) is 5.83. The van der Waals surface area contributed by atoms with Gasteiger partial charge in [-0.2, -0.15) is 0 Å². The van der Waals surface area contributed by atoms with E-state index in [1.54, 1.807) is 6.07 Å². The monoisotopic (exact) mass is 346 g/mol. The van der Waals surface area contributed by atoms with Gasteiger partial charge in [0, 0.05) is 38.3 Å². The first-order chi connectivity index (χ1) is 12.2. The van der Waals surface area contributed by atoms with Gasteiger partial charge in [-0.05, 0) is 56.7 Å². The number of piperazine rings is 1. The fourth-order valence-electron chi connectivity index (χ4n) is 4.15. The highest BCUT2D eigenvalue weighted by Gasteiger charge is 2.23. The van der Waals surface area contributed by atoms with Gasteiger partial charge in [-0.3, -0.25) is 4.90 Å². The van der Waals surface area contributed by atoms with Gasteiger partial charge >= 0.3 is 0 Å². The summed E-state index contributed by atoms with van der Waals surface area (Å²) in [5, 5.41) is 5.06. The highest BCUT2D eigenvalue weighted by Crippen LogP contribution is 2.28. The van der Waals surface area contributed by atoms with Crippen molar-refractivity contribution in [3.8, 4) is 0 Å². The zero-order valence-electron chi connectivity index (χ0n) is 14.7. The molecule has 2 heterocycles. The summed E-state index contributed by atoms with van der Waals surface area (Å²) in [6.07, 6.45) is 6.26. The molecular formula is C19H27FN4O. The molecule has 1 saturated heterocycles. The maximum atomic E-state index is 13.3. The molecule has 5 nitrogen and oxygen atoms in total. The number of aromatic nitrogens is 1. The summed E-state index contributed by atoms with van der Waals surface area (Å²) in [6.45, 7) is 5.14. The lowest BCUT2D eigenvalue weighted by Gasteiger charge is -2.36. The number of fused-ring (bicyclic) bond motifs is 1. The third-order valence-corrected chi connectivity index (χ3v) is 5.83. The van der Waals surface area contributed by atoms with Gasteiger partial charge in [0.1, 0.15) is 5.82 Å². The van der Waals surface area contributed by atoms with Gasteiger partial charge in [-0.25, -0.2) is 4.39 Å². The van der Waals surface area contributed by atoms with Crippen molar-refractivity contribution in [3.63, 3.8) is 0 Å². The second-order valence-electron chi connectivity index (χ2n) is 7.54. The lowest BCUT2D eigenvalue weighted by molar-refractivity contribution is 0.216. The van der Waals surface area contributed by atoms with E-state index in [-0.39, 0.29) is 5.82 Å². The smallest absolute Gasteiger partial charge is 0.180 e. The molecule has 0 bridgehead atoms. The Kier molecular flexibility index (Phi) is 4.90. The van der Waals surface area contributed by atoms with Crippen molar-refractivity contribution in [1.82, 2.24) is 10.1 Å². The van der Waals surface area contributed by atoms with Crippen molar-refractivity contribution in [2.75, 3.05) is 37.6 Å². The molecule has 2 aromatic rings. The van der Waals surface area contributed by atoms with Crippen LogP contribution in [-0.4, -0.2) is 48.8 Å². The Bertz CT molecular complexity index is 703. The fraction of sp³-hybridized carbons (Fsp3) is 0.632. The summed E-state index contributed by atoms with van der Waals surface area (Å²) in [7, 11) is 0. The van der Waals surface area contributed by atoms with Gasteiger partial charge in [0.15, 0.2) is 11.4 Å². The molecule has 0 atom stereocenters. The Balaban J connectivity index is 1.29. The molecule has 0 radical (unpaired) electrons. The van der Waals surface area contributed by atoms with Crippen LogP contribution in [0.15, 0.2) is 22.7 Å². The summed E-state index contributed by atoms with van der Waals surface area (Å²) >= 11 is 0. The average molecular weight is 346 g/mol. The van der Waals surface area contributed by atoms with Crippen LogP contribution in [0.3, 0.4) is 0 Å². The first kappa shape index (κ1) is 16.8. The van der Waals surface area contributed by atoms with Crippen LogP contribution in [0.2, 0.25) is 0 Å². The summed E-state index contributed by atoms with van der Waals surface area (Å²) in [4.78, 5) is 4.80. The topological polar surface area (TPSA) is 58.5 Å². The second-order valence-corrected chi connectivity index (χ2v) is 7.54. The van der Waals surface area contributed by atoms with Crippen molar-refractivity contribution < 1.29 is 8.91 Å². The largest absolute Gasteiger partial charge is 0.354 e. The molecule has 0 spiro atoms. The zero-order valence-corrected chi connectivity index (χ0v) is 14.7. The van der Waals surface area contributed by atoms with E-state index in [0.717, 1.165) is 43.3 Å². The van der Waals surface area contributed by atoms with E-state index in [1.165, 1.54) is 50.8 Å². The predicted octanol–water partition coefficient (Wildman–Crippen LogP) is 3.00. The van der Waals surface area contributed by atoms with Gasteiger partial charge in [-0.15, -0.1) is 0 Å². The van der Waals surface area contributed by atoms with Gasteiger partial charge in [-0.1, -0.05) is 5.16 Å². The predicted molar refractivity (Wildman–Crippen MR) is 97.2 cm³/mol. The molecule has 1 saturated carbocycles. The average Bonchev–Trinajstić information content (AvgIpc) is 3.04. The molecule has 2 N–H and O–H groups in total. The van der Waals surface area contributed by atoms with Crippen molar-refractivity contribution in [2.45, 2.75) is 38.1 Å². The lowest BCUT2D eigenvalue weighted by atomic mass is 9.84. The molecule has 136 valence electrons. The van der Waals surface area contributed by atoms with Crippen LogP contribution < -0.4 is 10.6 Å². The highest BCUT2D eigenvalue weighted by atomic mass is 19.1. The molecule has 1 aliphatic carbocycles. The fourth-order valence-corrected chi connectivity index (χ4v) is 4.15. The zero-order chi connectivity index (χ0) is 17.2. The number of nitrogens with two attached hydrogens (primary N) is 1. The number of rotatable bonds is 4. The Labute approximate surface area is 147 Å². The van der Waals surface area contributed by atoms with Crippen LogP contribution in [0.25, 0.3) is 11.0 Å². The van der Waals surface area contributed by atoms with E-state index in [9.17, 15) is 4.39 Å². The van der Waals surface area contributed by atoms with E-state index in [4.69, 9.17) is 10.3 Å². The van der Waals surface area contributed by atoms with Crippen molar-refractivity contribution in [1.29, 1.82) is 0 Å². The van der Waals surface area contributed by atoms with Crippen LogP contribution >= 0.6 is 0 Å². The minimum Gasteiger partial charge on any atom is -0.354 e. The number of anilines is 1. The summed E-state index contributed by atoms with van der Waals surface area (Å²) in [5.41, 5.74) is 6.52. The Hall–Kier alpha value is -1.66. The van der Waals surface area contributed by atoms with Gasteiger partial charge in [0.25, 0.3) is 0 Å². The Morgan fingerprint density at radius 1 is 1.12 bits per heavy atom. The van der Waals surface area contributed by atoms with Crippen molar-refractivity contribution in [2.24, 2.45) is 11.7 Å². The molecule has 4 rings (SSSR count). The molecule has 0 unspecified atom stereocenters. The Morgan fingerprint density at radius 2 is 1.88 bits per heavy atom. The highest BCUT2D eigenvalue weighted by molar-refractivity contribution is 5.88. The number of hydrogen-bond donors (Lipinski definition) is 1. The van der Waals surface area contributed by atoms with Gasteiger partial charge < -0.3 is 15.2 Å². The lowest BCUT2D eigenvalue weighted by Crippen LogP contribution is -2.47. The number of halogens is 1. The van der Waals surface area contributed by atoms with E-state index >= 15 is 0 Å². The van der Waals surface area contributed by atoms with Crippen LogP contribution in [0.5, 0.6) is 0 Å². The molecule has 1 aliphatic heterocycles. The SMILES string of the molecule is N[C@H]1CC[C@H](CCN2CCN(c3noc4cc(F)ccc34)CC2)CC1. The van der Waals surface area contributed by atoms with Gasteiger partial charge in [0.05, 0.1) is 5.39 Å². The van der Waals surface area contributed by atoms with Crippen LogP contribution in [0, 0.1) is 11.7 Å². The maximum absolute atomic E-state index is 13.3. The van der Waals surface area contributed by atoms with E-state index < -0.39 is 0 Å². The number of hydrogen-bond acceptors (Lipinski definition) is 5. The second kappa shape index (κ2) is 7.30. The van der Waals surface area contributed by atoms with Crippen LogP contribution in [-0.2, 0) is 0 Å². The maximum Gasteiger partial charge on any atom is 0.180 e. The molecule has 0 amide bonds. The van der Waals surface area contributed by atoms with Gasteiger partial charge in [0.2, 0.25) is 0 Å². The van der Waals surface area contributed by atoms with E-state index in [1.807, 2.05) is 0 Å². The molecule has 25 heavy (non-hydrogen) atoms. The molecule has 2 fully saturated rings. The molecular weight excluding hydrogens is 319 g/mol. The Morgan fingerprint density at radius 3 is 2.64 bits per heavy atom. The van der Waals surface area contributed by atoms with Crippen molar-refractivity contribution in [3.05, 3.63) is 24.0 Å². The molecule has 6 heteroatoms. The normalized spacial score (nSPS) is 25.6. The number of nitrogens with zero attached hydrogens (tertiary/aromatic N) is 3. The summed E-state index contributed by atoms with van der Waals surface area (Å²) in [6, 6.07) is 5.06. The minimum absolute atomic E-state index is 0.288. The first-order valence-corrected chi connectivity index (χ1v) is 9.47. The third kappa shape index (κ3) is 3.80. The molecule has 1 aromatic carbocycles. The standard InChI is InChI=1S/C19H27FN4O/c20-15-3-6-17-18(13-15)25-22-19(17)24-11-9-23(10-12-24)8-7-14-1-4-16(21)5-2-14/h3,6,13-14,16H,1-2,4-5,7-12,21H2/t14-,16-. The summed E-state index contributed by atoms with van der Waals surface area (Å²) in [5.74, 6) is 1.41. The van der Waals surface area contributed by atoms with Crippen LogP contribution in [0.1, 0.15) is 32.1 Å². The van der Waals surface area contributed by atoms with Crippen LogP contribution in [0.4, 0.5) is 10.2 Å². The quantitative estimate of drug-likeness (QED) is 0.922. The summed E-state index contributed by atoms with van der Waals surface area (Å²) < 4.78 is 18.6. The van der Waals surface area contributed by atoms with E-state index in [2.05, 4.69) is 15.0 Å². The first-order valence-electron chi connectivity index (χ1n) is 9.47. The molecule has 1 aromatic heterocycles. The number of benzene rings is 1. The molecule has 2 aliphatic rings. The van der Waals surface area contributed by atoms with Crippen molar-refractivity contribution >= 4 is 16.8 Å². The van der Waals surface area contributed by atoms with E-state index in [0.29, 0.717) is 11.6 Å².